The average Bonchev–Trinajstić information content (AvgIpc) is 2.78. The van der Waals surface area contributed by atoms with Crippen LogP contribution in [0.4, 0.5) is 0 Å². The van der Waals surface area contributed by atoms with E-state index < -0.39 is 0 Å². The third-order valence-corrected chi connectivity index (χ3v) is 3.51. The molecule has 0 aromatic heterocycles. The molecule has 0 bridgehead atoms. The minimum absolute atomic E-state index is 0.263. The molecule has 0 radical (unpaired) electrons. The van der Waals surface area contributed by atoms with E-state index in [1.807, 2.05) is 18.2 Å². The standard InChI is InChI=1S/C13H16BrNO2/c1-8(2)12-7-17-13(15-12)10-5-4-9(16-3)6-11(10)14/h4-6,8,12H,7H2,1-3H3/t12-/m1/s1. The zero-order chi connectivity index (χ0) is 12.4. The first kappa shape index (κ1) is 12.4. The molecule has 2 rings (SSSR count). The van der Waals surface area contributed by atoms with Crippen molar-refractivity contribution < 1.29 is 9.47 Å². The molecule has 0 saturated heterocycles. The van der Waals surface area contributed by atoms with E-state index in [1.54, 1.807) is 7.11 Å². The topological polar surface area (TPSA) is 30.8 Å². The van der Waals surface area contributed by atoms with Gasteiger partial charge in [0.15, 0.2) is 0 Å². The second-order valence-corrected chi connectivity index (χ2v) is 5.26. The summed E-state index contributed by atoms with van der Waals surface area (Å²) in [5.41, 5.74) is 0.981. The molecule has 0 fully saturated rings. The SMILES string of the molecule is COc1ccc(C2=N[C@@H](C(C)C)CO2)c(Br)c1. The number of hydrogen-bond donors (Lipinski definition) is 0. The summed E-state index contributed by atoms with van der Waals surface area (Å²) in [4.78, 5) is 4.60. The smallest absolute Gasteiger partial charge is 0.217 e. The molecule has 0 saturated carbocycles. The van der Waals surface area contributed by atoms with Crippen molar-refractivity contribution >= 4 is 21.8 Å². The summed E-state index contributed by atoms with van der Waals surface area (Å²) in [5, 5.41) is 0. The van der Waals surface area contributed by atoms with Crippen LogP contribution in [0.2, 0.25) is 0 Å². The number of benzene rings is 1. The summed E-state index contributed by atoms with van der Waals surface area (Å²) in [6, 6.07) is 6.06. The van der Waals surface area contributed by atoms with Crippen molar-refractivity contribution in [1.29, 1.82) is 0 Å². The van der Waals surface area contributed by atoms with Crippen molar-refractivity contribution in [2.45, 2.75) is 19.9 Å². The van der Waals surface area contributed by atoms with Crippen molar-refractivity contribution in [3.63, 3.8) is 0 Å². The Labute approximate surface area is 110 Å². The van der Waals surface area contributed by atoms with Gasteiger partial charge in [-0.3, -0.25) is 0 Å². The molecule has 17 heavy (non-hydrogen) atoms. The summed E-state index contributed by atoms with van der Waals surface area (Å²) in [6.45, 7) is 4.98. The summed E-state index contributed by atoms with van der Waals surface area (Å²) in [5.74, 6) is 2.04. The van der Waals surface area contributed by atoms with Gasteiger partial charge < -0.3 is 9.47 Å². The van der Waals surface area contributed by atoms with Crippen LogP contribution in [0.1, 0.15) is 19.4 Å². The Kier molecular flexibility index (Phi) is 3.72. The van der Waals surface area contributed by atoms with E-state index >= 15 is 0 Å². The lowest BCUT2D eigenvalue weighted by Gasteiger charge is -2.06. The highest BCUT2D eigenvalue weighted by Gasteiger charge is 2.23. The Morgan fingerprint density at radius 3 is 2.76 bits per heavy atom. The number of rotatable bonds is 3. The summed E-state index contributed by atoms with van der Waals surface area (Å²) >= 11 is 3.51. The van der Waals surface area contributed by atoms with Crippen LogP contribution in [-0.2, 0) is 4.74 Å². The monoisotopic (exact) mass is 297 g/mol. The van der Waals surface area contributed by atoms with Gasteiger partial charge in [-0.1, -0.05) is 13.8 Å². The van der Waals surface area contributed by atoms with Gasteiger partial charge >= 0.3 is 0 Å². The molecule has 0 unspecified atom stereocenters. The van der Waals surface area contributed by atoms with Gasteiger partial charge in [-0.25, -0.2) is 4.99 Å². The molecule has 0 aliphatic carbocycles. The van der Waals surface area contributed by atoms with Crippen LogP contribution >= 0.6 is 15.9 Å². The lowest BCUT2D eigenvalue weighted by atomic mass is 10.1. The third-order valence-electron chi connectivity index (χ3n) is 2.85. The van der Waals surface area contributed by atoms with Crippen LogP contribution in [0, 0.1) is 5.92 Å². The molecule has 1 aromatic rings. The first-order valence-corrected chi connectivity index (χ1v) is 6.45. The van der Waals surface area contributed by atoms with Crippen molar-refractivity contribution in [3.8, 4) is 5.75 Å². The third kappa shape index (κ3) is 2.63. The van der Waals surface area contributed by atoms with E-state index in [-0.39, 0.29) is 6.04 Å². The van der Waals surface area contributed by atoms with Crippen LogP contribution < -0.4 is 4.74 Å². The van der Waals surface area contributed by atoms with Crippen molar-refractivity contribution in [2.24, 2.45) is 10.9 Å². The van der Waals surface area contributed by atoms with E-state index in [2.05, 4.69) is 34.8 Å². The normalized spacial score (nSPS) is 19.1. The quantitative estimate of drug-likeness (QED) is 0.857. The number of nitrogens with zero attached hydrogens (tertiary/aromatic N) is 1. The molecule has 0 spiro atoms. The summed E-state index contributed by atoms with van der Waals surface area (Å²) in [7, 11) is 1.65. The van der Waals surface area contributed by atoms with Gasteiger partial charge in [0.25, 0.3) is 0 Å². The van der Waals surface area contributed by atoms with Gasteiger partial charge in [-0.15, -0.1) is 0 Å². The lowest BCUT2D eigenvalue weighted by Crippen LogP contribution is -2.13. The number of methoxy groups -OCH3 is 1. The highest BCUT2D eigenvalue weighted by Crippen LogP contribution is 2.26. The number of aliphatic imine (C=N–C) groups is 1. The molecule has 0 amide bonds. The Hall–Kier alpha value is -1.03. The van der Waals surface area contributed by atoms with Crippen molar-refractivity contribution in [2.75, 3.05) is 13.7 Å². The highest BCUT2D eigenvalue weighted by molar-refractivity contribution is 9.10. The molecule has 4 heteroatoms. The first-order chi connectivity index (χ1) is 8.11. The van der Waals surface area contributed by atoms with Crippen LogP contribution in [-0.4, -0.2) is 25.7 Å². The molecular weight excluding hydrogens is 282 g/mol. The predicted octanol–water partition coefficient (Wildman–Crippen LogP) is 3.26. The van der Waals surface area contributed by atoms with Crippen molar-refractivity contribution in [3.05, 3.63) is 28.2 Å². The van der Waals surface area contributed by atoms with E-state index in [0.29, 0.717) is 12.5 Å². The fourth-order valence-corrected chi connectivity index (χ4v) is 2.20. The molecule has 1 aromatic carbocycles. The zero-order valence-corrected chi connectivity index (χ0v) is 11.8. The van der Waals surface area contributed by atoms with E-state index in [1.165, 1.54) is 0 Å². The zero-order valence-electron chi connectivity index (χ0n) is 10.2. The minimum Gasteiger partial charge on any atom is -0.497 e. The van der Waals surface area contributed by atoms with Gasteiger partial charge in [-0.05, 0) is 40.0 Å². The number of ether oxygens (including phenoxy) is 2. The Morgan fingerprint density at radius 1 is 1.47 bits per heavy atom. The molecule has 92 valence electrons. The number of hydrogen-bond acceptors (Lipinski definition) is 3. The van der Waals surface area contributed by atoms with Gasteiger partial charge in [0.05, 0.1) is 18.7 Å². The summed E-state index contributed by atoms with van der Waals surface area (Å²) < 4.78 is 11.8. The molecule has 0 N–H and O–H groups in total. The van der Waals surface area contributed by atoms with Crippen LogP contribution in [0.5, 0.6) is 5.75 Å². The van der Waals surface area contributed by atoms with Crippen LogP contribution in [0.15, 0.2) is 27.7 Å². The maximum absolute atomic E-state index is 5.65. The number of halogens is 1. The van der Waals surface area contributed by atoms with Gasteiger partial charge in [0.2, 0.25) is 5.90 Å². The maximum Gasteiger partial charge on any atom is 0.217 e. The minimum atomic E-state index is 0.263. The van der Waals surface area contributed by atoms with E-state index in [9.17, 15) is 0 Å². The van der Waals surface area contributed by atoms with E-state index in [0.717, 1.165) is 21.7 Å². The largest absolute Gasteiger partial charge is 0.497 e. The summed E-state index contributed by atoms with van der Waals surface area (Å²) in [6.07, 6.45) is 0. The van der Waals surface area contributed by atoms with Crippen LogP contribution in [0.3, 0.4) is 0 Å². The maximum atomic E-state index is 5.65. The van der Waals surface area contributed by atoms with E-state index in [4.69, 9.17) is 9.47 Å². The fraction of sp³-hybridized carbons (Fsp3) is 0.462. The molecule has 1 aliphatic heterocycles. The Morgan fingerprint density at radius 2 is 2.24 bits per heavy atom. The molecule has 3 nitrogen and oxygen atoms in total. The molecule has 1 heterocycles. The predicted molar refractivity (Wildman–Crippen MR) is 71.8 cm³/mol. The Balaban J connectivity index is 2.27. The van der Waals surface area contributed by atoms with Gasteiger partial charge in [-0.2, -0.15) is 0 Å². The van der Waals surface area contributed by atoms with Crippen LogP contribution in [0.25, 0.3) is 0 Å². The average molecular weight is 298 g/mol. The molecular formula is C13H16BrNO2. The Bertz CT molecular complexity index is 443. The molecule has 1 aliphatic rings. The van der Waals surface area contributed by atoms with Crippen molar-refractivity contribution in [1.82, 2.24) is 0 Å². The van der Waals surface area contributed by atoms with Gasteiger partial charge in [0.1, 0.15) is 12.4 Å². The molecule has 1 atom stereocenters. The fourth-order valence-electron chi connectivity index (χ4n) is 1.67. The van der Waals surface area contributed by atoms with Gasteiger partial charge in [0, 0.05) is 4.47 Å². The first-order valence-electron chi connectivity index (χ1n) is 5.66. The lowest BCUT2D eigenvalue weighted by molar-refractivity contribution is 0.291. The second kappa shape index (κ2) is 5.08. The second-order valence-electron chi connectivity index (χ2n) is 4.40. The highest BCUT2D eigenvalue weighted by atomic mass is 79.9.